The minimum absolute atomic E-state index is 0.0756. The number of esters is 1. The van der Waals surface area contributed by atoms with Crippen molar-refractivity contribution in [2.45, 2.75) is 19.5 Å². The molecule has 3 nitrogen and oxygen atoms in total. The number of carbonyl (C=O) groups excluding carboxylic acids is 2. The summed E-state index contributed by atoms with van der Waals surface area (Å²) in [4.78, 5) is 20.3. The number of hydrogen-bond donors (Lipinski definition) is 0. The van der Waals surface area contributed by atoms with Gasteiger partial charge in [-0.3, -0.25) is 4.79 Å². The SMILES string of the molecule is CCOC(=O)C(C)(F)C=O. The molecule has 0 aromatic rings. The van der Waals surface area contributed by atoms with Crippen LogP contribution in [0.25, 0.3) is 0 Å². The third kappa shape index (κ3) is 2.13. The molecule has 10 heavy (non-hydrogen) atoms. The van der Waals surface area contributed by atoms with Gasteiger partial charge in [-0.25, -0.2) is 9.18 Å². The van der Waals surface area contributed by atoms with E-state index in [2.05, 4.69) is 4.74 Å². The van der Waals surface area contributed by atoms with Crippen LogP contribution in [0.3, 0.4) is 0 Å². The van der Waals surface area contributed by atoms with Gasteiger partial charge in [0.25, 0.3) is 5.67 Å². The van der Waals surface area contributed by atoms with Crippen LogP contribution >= 0.6 is 0 Å². The summed E-state index contributed by atoms with van der Waals surface area (Å²) in [6.07, 6.45) is -0.0784. The molecule has 0 heterocycles. The lowest BCUT2D eigenvalue weighted by Gasteiger charge is -2.09. The number of alkyl halides is 1. The third-order valence-corrected chi connectivity index (χ3v) is 0.896. The second-order valence-electron chi connectivity index (χ2n) is 1.91. The lowest BCUT2D eigenvalue weighted by atomic mass is 10.2. The molecule has 0 aromatic heterocycles. The van der Waals surface area contributed by atoms with Gasteiger partial charge in [-0.1, -0.05) is 0 Å². The van der Waals surface area contributed by atoms with Crippen LogP contribution in [0, 0.1) is 0 Å². The second-order valence-corrected chi connectivity index (χ2v) is 1.91. The first kappa shape index (κ1) is 9.07. The first-order valence-electron chi connectivity index (χ1n) is 2.87. The quantitative estimate of drug-likeness (QED) is 0.332. The van der Waals surface area contributed by atoms with Crippen LogP contribution in [0.2, 0.25) is 0 Å². The summed E-state index contributed by atoms with van der Waals surface area (Å²) in [5.41, 5.74) is -2.49. The number of carbonyl (C=O) groups is 2. The Morgan fingerprint density at radius 2 is 2.30 bits per heavy atom. The highest BCUT2D eigenvalue weighted by molar-refractivity contribution is 5.95. The summed E-state index contributed by atoms with van der Waals surface area (Å²) in [5, 5.41) is 0. The smallest absolute Gasteiger partial charge is 0.351 e. The van der Waals surface area contributed by atoms with Crippen molar-refractivity contribution in [3.05, 3.63) is 0 Å². The molecule has 0 aliphatic heterocycles. The Morgan fingerprint density at radius 1 is 1.80 bits per heavy atom. The summed E-state index contributed by atoms with van der Waals surface area (Å²) in [7, 11) is 0. The number of hydrogen-bond acceptors (Lipinski definition) is 3. The van der Waals surface area contributed by atoms with Crippen molar-refractivity contribution in [3.8, 4) is 0 Å². The molecule has 0 rings (SSSR count). The summed E-state index contributed by atoms with van der Waals surface area (Å²) in [6.45, 7) is 2.48. The van der Waals surface area contributed by atoms with E-state index in [1.54, 1.807) is 6.92 Å². The van der Waals surface area contributed by atoms with Gasteiger partial charge in [-0.05, 0) is 13.8 Å². The van der Waals surface area contributed by atoms with Crippen LogP contribution in [-0.2, 0) is 14.3 Å². The van der Waals surface area contributed by atoms with Crippen LogP contribution in [0.5, 0.6) is 0 Å². The van der Waals surface area contributed by atoms with Gasteiger partial charge in [0, 0.05) is 0 Å². The fraction of sp³-hybridized carbons (Fsp3) is 0.667. The molecular formula is C6H9FO3. The lowest BCUT2D eigenvalue weighted by Crippen LogP contribution is -2.33. The van der Waals surface area contributed by atoms with Crippen LogP contribution in [0.15, 0.2) is 0 Å². The first-order valence-corrected chi connectivity index (χ1v) is 2.87. The van der Waals surface area contributed by atoms with E-state index in [0.717, 1.165) is 6.92 Å². The van der Waals surface area contributed by atoms with E-state index >= 15 is 0 Å². The molecule has 0 aliphatic carbocycles. The monoisotopic (exact) mass is 148 g/mol. The van der Waals surface area contributed by atoms with E-state index in [9.17, 15) is 14.0 Å². The zero-order valence-electron chi connectivity index (χ0n) is 5.89. The minimum Gasteiger partial charge on any atom is -0.463 e. The van der Waals surface area contributed by atoms with Gasteiger partial charge in [-0.15, -0.1) is 0 Å². The van der Waals surface area contributed by atoms with Crippen LogP contribution < -0.4 is 0 Å². The Morgan fingerprint density at radius 3 is 2.60 bits per heavy atom. The predicted octanol–water partition coefficient (Wildman–Crippen LogP) is 0.477. The zero-order chi connectivity index (χ0) is 8.20. The summed E-state index contributed by atoms with van der Waals surface area (Å²) in [5.74, 6) is -1.13. The van der Waals surface area contributed by atoms with Crippen molar-refractivity contribution < 1.29 is 18.7 Å². The van der Waals surface area contributed by atoms with E-state index < -0.39 is 11.6 Å². The average molecular weight is 148 g/mol. The Hall–Kier alpha value is -0.930. The number of aldehydes is 1. The number of rotatable bonds is 3. The van der Waals surface area contributed by atoms with E-state index in [1.807, 2.05) is 0 Å². The van der Waals surface area contributed by atoms with Gasteiger partial charge in [0.1, 0.15) is 0 Å². The predicted molar refractivity (Wildman–Crippen MR) is 32.2 cm³/mol. The molecule has 1 unspecified atom stereocenters. The normalized spacial score (nSPS) is 15.5. The van der Waals surface area contributed by atoms with Gasteiger partial charge >= 0.3 is 5.97 Å². The van der Waals surface area contributed by atoms with Crippen molar-refractivity contribution >= 4 is 12.3 Å². The molecule has 0 bridgehead atoms. The fourth-order valence-electron chi connectivity index (χ4n) is 0.320. The molecule has 0 saturated carbocycles. The molecule has 0 N–H and O–H groups in total. The number of halogens is 1. The molecule has 0 aromatic carbocycles. The molecular weight excluding hydrogens is 139 g/mol. The van der Waals surface area contributed by atoms with E-state index in [1.165, 1.54) is 0 Å². The molecule has 0 saturated heterocycles. The summed E-state index contributed by atoms with van der Waals surface area (Å²) < 4.78 is 16.8. The highest BCUT2D eigenvalue weighted by Gasteiger charge is 2.33. The van der Waals surface area contributed by atoms with Gasteiger partial charge in [-0.2, -0.15) is 0 Å². The van der Waals surface area contributed by atoms with Crippen LogP contribution in [0.4, 0.5) is 4.39 Å². The molecule has 0 spiro atoms. The largest absolute Gasteiger partial charge is 0.463 e. The molecule has 58 valence electrons. The summed E-state index contributed by atoms with van der Waals surface area (Å²) in [6, 6.07) is 0. The van der Waals surface area contributed by atoms with Gasteiger partial charge in [0.15, 0.2) is 6.29 Å². The fourth-order valence-corrected chi connectivity index (χ4v) is 0.320. The van der Waals surface area contributed by atoms with Crippen molar-refractivity contribution in [2.24, 2.45) is 0 Å². The molecule has 0 amide bonds. The second kappa shape index (κ2) is 3.29. The van der Waals surface area contributed by atoms with Crippen LogP contribution in [-0.4, -0.2) is 24.5 Å². The molecule has 0 radical (unpaired) electrons. The molecule has 1 atom stereocenters. The van der Waals surface area contributed by atoms with E-state index in [4.69, 9.17) is 0 Å². The van der Waals surface area contributed by atoms with Gasteiger partial charge < -0.3 is 4.74 Å². The van der Waals surface area contributed by atoms with Gasteiger partial charge in [0.05, 0.1) is 6.61 Å². The minimum atomic E-state index is -2.49. The Balaban J connectivity index is 4.04. The van der Waals surface area contributed by atoms with E-state index in [-0.39, 0.29) is 12.9 Å². The maximum absolute atomic E-state index is 12.6. The van der Waals surface area contributed by atoms with Crippen molar-refractivity contribution in [3.63, 3.8) is 0 Å². The zero-order valence-corrected chi connectivity index (χ0v) is 5.89. The topological polar surface area (TPSA) is 43.4 Å². The average Bonchev–Trinajstić information content (AvgIpc) is 1.89. The molecule has 0 aliphatic rings. The first-order chi connectivity index (χ1) is 4.54. The van der Waals surface area contributed by atoms with Crippen molar-refractivity contribution in [2.75, 3.05) is 6.61 Å². The summed E-state index contributed by atoms with van der Waals surface area (Å²) >= 11 is 0. The Bertz CT molecular complexity index is 142. The molecule has 4 heteroatoms. The highest BCUT2D eigenvalue weighted by Crippen LogP contribution is 2.07. The highest BCUT2D eigenvalue weighted by atomic mass is 19.1. The number of ether oxygens (including phenoxy) is 1. The Kier molecular flexibility index (Phi) is 2.99. The standard InChI is InChI=1S/C6H9FO3/c1-3-10-5(9)6(2,7)4-8/h4H,3H2,1-2H3. The van der Waals surface area contributed by atoms with Crippen LogP contribution in [0.1, 0.15) is 13.8 Å². The van der Waals surface area contributed by atoms with Crippen molar-refractivity contribution in [1.29, 1.82) is 0 Å². The maximum Gasteiger partial charge on any atom is 0.351 e. The third-order valence-electron chi connectivity index (χ3n) is 0.896. The Labute approximate surface area is 58.2 Å². The van der Waals surface area contributed by atoms with E-state index in [0.29, 0.717) is 0 Å². The van der Waals surface area contributed by atoms with Crippen molar-refractivity contribution in [1.82, 2.24) is 0 Å². The molecule has 0 fully saturated rings. The van der Waals surface area contributed by atoms with Gasteiger partial charge in [0.2, 0.25) is 0 Å². The lowest BCUT2D eigenvalue weighted by molar-refractivity contribution is -0.157. The maximum atomic E-state index is 12.6.